The number of hydrogen-bond donors (Lipinski definition) is 2. The van der Waals surface area contributed by atoms with E-state index in [1.165, 1.54) is 5.56 Å². The van der Waals surface area contributed by atoms with Gasteiger partial charge in [0, 0.05) is 5.69 Å². The zero-order valence-corrected chi connectivity index (χ0v) is 13.1. The van der Waals surface area contributed by atoms with E-state index < -0.39 is 0 Å². The number of rotatable bonds is 4. The van der Waals surface area contributed by atoms with Crippen molar-refractivity contribution in [1.82, 2.24) is 5.43 Å². The van der Waals surface area contributed by atoms with Gasteiger partial charge in [-0.05, 0) is 48.8 Å². The lowest BCUT2D eigenvalue weighted by atomic mass is 10.1. The van der Waals surface area contributed by atoms with E-state index in [4.69, 9.17) is 12.2 Å². The van der Waals surface area contributed by atoms with E-state index in [1.807, 2.05) is 61.5 Å². The minimum atomic E-state index is 0.488. The quantitative estimate of drug-likeness (QED) is 0.507. The molecule has 0 saturated carbocycles. The molecule has 0 unspecified atom stereocenters. The first-order valence-electron chi connectivity index (χ1n) is 6.94. The molecule has 0 aromatic heterocycles. The molecule has 2 N–H and O–H groups in total. The van der Waals surface area contributed by atoms with Gasteiger partial charge in [-0.3, -0.25) is 5.43 Å². The summed E-state index contributed by atoms with van der Waals surface area (Å²) >= 11 is 5.27. The standard InChI is InChI=1S/C17H19N3S/c1-3-16(14-9-5-4-6-10-14)19-20-17(21)18-15-11-7-8-13(2)12-15/h4-12H,3H2,1-2H3,(H2,18,20,21). The molecule has 0 amide bonds. The van der Waals surface area contributed by atoms with Gasteiger partial charge in [0.15, 0.2) is 5.11 Å². The Morgan fingerprint density at radius 2 is 1.86 bits per heavy atom. The van der Waals surface area contributed by atoms with E-state index in [-0.39, 0.29) is 0 Å². The van der Waals surface area contributed by atoms with Gasteiger partial charge in [0.25, 0.3) is 0 Å². The first-order chi connectivity index (χ1) is 10.2. The van der Waals surface area contributed by atoms with Crippen molar-refractivity contribution >= 4 is 28.7 Å². The maximum atomic E-state index is 5.27. The Morgan fingerprint density at radius 1 is 1.10 bits per heavy atom. The van der Waals surface area contributed by atoms with E-state index in [2.05, 4.69) is 22.8 Å². The summed E-state index contributed by atoms with van der Waals surface area (Å²) in [6, 6.07) is 18.1. The summed E-state index contributed by atoms with van der Waals surface area (Å²) < 4.78 is 0. The van der Waals surface area contributed by atoms with Crippen LogP contribution in [0.5, 0.6) is 0 Å². The molecule has 108 valence electrons. The smallest absolute Gasteiger partial charge is 0.191 e. The SMILES string of the molecule is CCC(=NNC(=S)Nc1cccc(C)c1)c1ccccc1. The Hall–Kier alpha value is -2.20. The van der Waals surface area contributed by atoms with Gasteiger partial charge in [-0.2, -0.15) is 5.10 Å². The molecule has 0 spiro atoms. The van der Waals surface area contributed by atoms with Crippen LogP contribution in [0.15, 0.2) is 59.7 Å². The molecular weight excluding hydrogens is 278 g/mol. The fraction of sp³-hybridized carbons (Fsp3) is 0.176. The number of hydrogen-bond acceptors (Lipinski definition) is 2. The van der Waals surface area contributed by atoms with Crippen LogP contribution < -0.4 is 10.7 Å². The Kier molecular flexibility index (Phi) is 5.46. The highest BCUT2D eigenvalue weighted by Crippen LogP contribution is 2.09. The monoisotopic (exact) mass is 297 g/mol. The van der Waals surface area contributed by atoms with Crippen LogP contribution in [0.25, 0.3) is 0 Å². The van der Waals surface area contributed by atoms with Gasteiger partial charge < -0.3 is 5.32 Å². The Balaban J connectivity index is 2.00. The minimum Gasteiger partial charge on any atom is -0.331 e. The average Bonchev–Trinajstić information content (AvgIpc) is 2.49. The number of aryl methyl sites for hydroxylation is 1. The number of nitrogens with one attached hydrogen (secondary N) is 2. The first kappa shape index (κ1) is 15.2. The normalized spacial score (nSPS) is 11.0. The van der Waals surface area contributed by atoms with Gasteiger partial charge in [0.05, 0.1) is 5.71 Å². The predicted octanol–water partition coefficient (Wildman–Crippen LogP) is 4.10. The molecule has 0 radical (unpaired) electrons. The molecule has 0 atom stereocenters. The molecule has 0 fully saturated rings. The van der Waals surface area contributed by atoms with Crippen molar-refractivity contribution in [3.8, 4) is 0 Å². The second-order valence-corrected chi connectivity index (χ2v) is 5.12. The molecule has 0 bridgehead atoms. The van der Waals surface area contributed by atoms with Crippen molar-refractivity contribution in [1.29, 1.82) is 0 Å². The fourth-order valence-corrected chi connectivity index (χ4v) is 2.14. The van der Waals surface area contributed by atoms with Gasteiger partial charge >= 0.3 is 0 Å². The maximum absolute atomic E-state index is 5.27. The van der Waals surface area contributed by atoms with E-state index in [0.29, 0.717) is 5.11 Å². The highest BCUT2D eigenvalue weighted by atomic mass is 32.1. The van der Waals surface area contributed by atoms with E-state index >= 15 is 0 Å². The summed E-state index contributed by atoms with van der Waals surface area (Å²) in [5, 5.41) is 8.01. The number of hydrazone groups is 1. The molecule has 3 nitrogen and oxygen atoms in total. The van der Waals surface area contributed by atoms with Crippen LogP contribution in [0, 0.1) is 6.92 Å². The average molecular weight is 297 g/mol. The Morgan fingerprint density at radius 3 is 2.52 bits per heavy atom. The van der Waals surface area contributed by atoms with Crippen molar-refractivity contribution in [3.05, 3.63) is 65.7 Å². The van der Waals surface area contributed by atoms with Gasteiger partial charge in [-0.1, -0.05) is 49.4 Å². The summed E-state index contributed by atoms with van der Waals surface area (Å²) in [5.41, 5.74) is 7.13. The van der Waals surface area contributed by atoms with Crippen LogP contribution in [0.3, 0.4) is 0 Å². The Bertz CT molecular complexity index is 635. The van der Waals surface area contributed by atoms with Crippen molar-refractivity contribution in [3.63, 3.8) is 0 Å². The lowest BCUT2D eigenvalue weighted by Crippen LogP contribution is -2.25. The molecule has 0 heterocycles. The van der Waals surface area contributed by atoms with E-state index in [9.17, 15) is 0 Å². The summed E-state index contributed by atoms with van der Waals surface area (Å²) in [6.45, 7) is 4.12. The van der Waals surface area contributed by atoms with Crippen LogP contribution >= 0.6 is 12.2 Å². The molecule has 0 aliphatic carbocycles. The highest BCUT2D eigenvalue weighted by Gasteiger charge is 2.01. The van der Waals surface area contributed by atoms with Crippen molar-refractivity contribution in [2.45, 2.75) is 20.3 Å². The lowest BCUT2D eigenvalue weighted by molar-refractivity contribution is 1.02. The zero-order chi connectivity index (χ0) is 15.1. The van der Waals surface area contributed by atoms with E-state index in [0.717, 1.165) is 23.4 Å². The molecular formula is C17H19N3S. The molecule has 2 rings (SSSR count). The van der Waals surface area contributed by atoms with Crippen molar-refractivity contribution < 1.29 is 0 Å². The third-order valence-electron chi connectivity index (χ3n) is 3.01. The number of anilines is 1. The third-order valence-corrected chi connectivity index (χ3v) is 3.20. The van der Waals surface area contributed by atoms with Crippen molar-refractivity contribution in [2.75, 3.05) is 5.32 Å². The second-order valence-electron chi connectivity index (χ2n) is 4.71. The maximum Gasteiger partial charge on any atom is 0.191 e. The predicted molar refractivity (Wildman–Crippen MR) is 93.8 cm³/mol. The topological polar surface area (TPSA) is 36.4 Å². The molecule has 0 saturated heterocycles. The molecule has 0 aliphatic heterocycles. The summed E-state index contributed by atoms with van der Waals surface area (Å²) in [4.78, 5) is 0. The van der Waals surface area contributed by atoms with Gasteiger partial charge in [0.2, 0.25) is 0 Å². The Labute approximate surface area is 131 Å². The minimum absolute atomic E-state index is 0.488. The highest BCUT2D eigenvalue weighted by molar-refractivity contribution is 7.80. The van der Waals surface area contributed by atoms with Gasteiger partial charge in [-0.15, -0.1) is 0 Å². The second kappa shape index (κ2) is 7.55. The first-order valence-corrected chi connectivity index (χ1v) is 7.35. The van der Waals surface area contributed by atoms with Crippen LogP contribution in [-0.2, 0) is 0 Å². The number of thiocarbonyl (C=S) groups is 1. The number of nitrogens with zero attached hydrogens (tertiary/aromatic N) is 1. The molecule has 2 aromatic rings. The van der Waals surface area contributed by atoms with Crippen LogP contribution in [0.2, 0.25) is 0 Å². The largest absolute Gasteiger partial charge is 0.331 e. The molecule has 0 aliphatic rings. The molecule has 4 heteroatoms. The molecule has 21 heavy (non-hydrogen) atoms. The molecule has 2 aromatic carbocycles. The fourth-order valence-electron chi connectivity index (χ4n) is 1.98. The number of benzene rings is 2. The van der Waals surface area contributed by atoms with Gasteiger partial charge in [-0.25, -0.2) is 0 Å². The van der Waals surface area contributed by atoms with E-state index in [1.54, 1.807) is 0 Å². The van der Waals surface area contributed by atoms with Crippen LogP contribution in [0.1, 0.15) is 24.5 Å². The van der Waals surface area contributed by atoms with Crippen LogP contribution in [-0.4, -0.2) is 10.8 Å². The van der Waals surface area contributed by atoms with Crippen LogP contribution in [0.4, 0.5) is 5.69 Å². The van der Waals surface area contributed by atoms with Crippen molar-refractivity contribution in [2.24, 2.45) is 5.10 Å². The van der Waals surface area contributed by atoms with Gasteiger partial charge in [0.1, 0.15) is 0 Å². The third kappa shape index (κ3) is 4.68. The summed E-state index contributed by atoms with van der Waals surface area (Å²) in [7, 11) is 0. The summed E-state index contributed by atoms with van der Waals surface area (Å²) in [5.74, 6) is 0. The summed E-state index contributed by atoms with van der Waals surface area (Å²) in [6.07, 6.45) is 0.837. The zero-order valence-electron chi connectivity index (χ0n) is 12.3. The lowest BCUT2D eigenvalue weighted by Gasteiger charge is -2.09.